The molecule has 0 atom stereocenters. The standard InChI is InChI=1S/C19H19N3O3S/c23-18(20-10-14-4-2-1-3-5-14)19(24)22-21-11-15-6-8-16(9-7-15)25-17-12-26-13-17/h1-9,11,17H,10,12-13H2,(H,20,23)(H,22,24). The van der Waals surface area contributed by atoms with E-state index < -0.39 is 11.8 Å². The van der Waals surface area contributed by atoms with Crippen LogP contribution in [0.3, 0.4) is 0 Å². The highest BCUT2D eigenvalue weighted by Gasteiger charge is 2.19. The summed E-state index contributed by atoms with van der Waals surface area (Å²) in [7, 11) is 0. The average molecular weight is 369 g/mol. The average Bonchev–Trinajstić information content (AvgIpc) is 2.64. The first-order valence-corrected chi connectivity index (χ1v) is 9.36. The first kappa shape index (κ1) is 18.0. The predicted octanol–water partition coefficient (Wildman–Crippen LogP) is 1.95. The van der Waals surface area contributed by atoms with E-state index in [0.717, 1.165) is 28.4 Å². The van der Waals surface area contributed by atoms with Crippen molar-refractivity contribution in [3.05, 3.63) is 65.7 Å². The monoisotopic (exact) mass is 369 g/mol. The van der Waals surface area contributed by atoms with Gasteiger partial charge in [0, 0.05) is 18.1 Å². The largest absolute Gasteiger partial charge is 0.489 e. The summed E-state index contributed by atoms with van der Waals surface area (Å²) in [5, 5.41) is 6.35. The van der Waals surface area contributed by atoms with Crippen LogP contribution in [-0.4, -0.2) is 35.6 Å². The molecule has 0 radical (unpaired) electrons. The normalized spacial score (nSPS) is 13.8. The molecule has 0 saturated carbocycles. The number of benzene rings is 2. The second-order valence-corrected chi connectivity index (χ2v) is 6.79. The van der Waals surface area contributed by atoms with E-state index in [9.17, 15) is 9.59 Å². The Bertz CT molecular complexity index is 774. The van der Waals surface area contributed by atoms with Gasteiger partial charge in [-0.3, -0.25) is 9.59 Å². The SMILES string of the molecule is O=C(NCc1ccccc1)C(=O)NN=Cc1ccc(OC2CSC2)cc1. The van der Waals surface area contributed by atoms with Gasteiger partial charge in [0.25, 0.3) is 0 Å². The van der Waals surface area contributed by atoms with Gasteiger partial charge in [0.15, 0.2) is 0 Å². The molecule has 7 heteroatoms. The zero-order chi connectivity index (χ0) is 18.2. The number of thioether (sulfide) groups is 1. The van der Waals surface area contributed by atoms with Crippen LogP contribution in [0.5, 0.6) is 5.75 Å². The fraction of sp³-hybridized carbons (Fsp3) is 0.211. The van der Waals surface area contributed by atoms with Gasteiger partial charge < -0.3 is 10.1 Å². The highest BCUT2D eigenvalue weighted by molar-refractivity contribution is 8.00. The summed E-state index contributed by atoms with van der Waals surface area (Å²) < 4.78 is 5.75. The summed E-state index contributed by atoms with van der Waals surface area (Å²) in [5.74, 6) is 1.34. The van der Waals surface area contributed by atoms with Crippen molar-refractivity contribution in [1.29, 1.82) is 0 Å². The van der Waals surface area contributed by atoms with Crippen molar-refractivity contribution in [3.63, 3.8) is 0 Å². The number of amides is 2. The number of hydrazone groups is 1. The zero-order valence-corrected chi connectivity index (χ0v) is 14.9. The molecule has 1 aliphatic rings. The quantitative estimate of drug-likeness (QED) is 0.463. The van der Waals surface area contributed by atoms with Crippen LogP contribution in [-0.2, 0) is 16.1 Å². The number of carbonyl (C=O) groups excluding carboxylic acids is 2. The minimum atomic E-state index is -0.806. The summed E-state index contributed by atoms with van der Waals surface area (Å²) in [6.07, 6.45) is 1.78. The lowest BCUT2D eigenvalue weighted by atomic mass is 10.2. The van der Waals surface area contributed by atoms with Crippen molar-refractivity contribution in [1.82, 2.24) is 10.7 Å². The number of hydrogen-bond acceptors (Lipinski definition) is 5. The molecule has 2 aromatic rings. The lowest BCUT2D eigenvalue weighted by Crippen LogP contribution is -2.37. The molecule has 2 N–H and O–H groups in total. The summed E-state index contributed by atoms with van der Waals surface area (Å²) in [4.78, 5) is 23.4. The van der Waals surface area contributed by atoms with Crippen LogP contribution in [0.2, 0.25) is 0 Å². The Morgan fingerprint density at radius 3 is 2.46 bits per heavy atom. The molecule has 26 heavy (non-hydrogen) atoms. The fourth-order valence-electron chi connectivity index (χ4n) is 2.18. The maximum absolute atomic E-state index is 11.7. The zero-order valence-electron chi connectivity index (χ0n) is 14.1. The summed E-state index contributed by atoms with van der Waals surface area (Å²) in [5.41, 5.74) is 3.93. The molecule has 3 rings (SSSR count). The van der Waals surface area contributed by atoms with Gasteiger partial charge in [-0.25, -0.2) is 5.43 Å². The van der Waals surface area contributed by atoms with E-state index in [-0.39, 0.29) is 6.54 Å². The molecule has 0 aliphatic carbocycles. The van der Waals surface area contributed by atoms with Gasteiger partial charge in [0.2, 0.25) is 0 Å². The highest BCUT2D eigenvalue weighted by Crippen LogP contribution is 2.23. The topological polar surface area (TPSA) is 79.8 Å². The molecule has 1 saturated heterocycles. The number of ether oxygens (including phenoxy) is 1. The van der Waals surface area contributed by atoms with Crippen LogP contribution < -0.4 is 15.5 Å². The van der Waals surface area contributed by atoms with Crippen molar-refractivity contribution in [2.24, 2.45) is 5.10 Å². The van der Waals surface area contributed by atoms with E-state index in [1.54, 1.807) is 0 Å². The van der Waals surface area contributed by atoms with Crippen molar-refractivity contribution < 1.29 is 14.3 Å². The number of hydrogen-bond donors (Lipinski definition) is 2. The van der Waals surface area contributed by atoms with E-state index in [1.165, 1.54) is 6.21 Å². The smallest absolute Gasteiger partial charge is 0.329 e. The van der Waals surface area contributed by atoms with Gasteiger partial charge in [-0.2, -0.15) is 16.9 Å². The Kier molecular flexibility index (Phi) is 6.27. The van der Waals surface area contributed by atoms with Crippen molar-refractivity contribution in [3.8, 4) is 5.75 Å². The van der Waals surface area contributed by atoms with Gasteiger partial charge in [-0.1, -0.05) is 30.3 Å². The van der Waals surface area contributed by atoms with E-state index in [0.29, 0.717) is 6.10 Å². The fourth-order valence-corrected chi connectivity index (χ4v) is 2.75. The maximum atomic E-state index is 11.7. The van der Waals surface area contributed by atoms with Crippen LogP contribution in [0.25, 0.3) is 0 Å². The Labute approximate surface area is 156 Å². The van der Waals surface area contributed by atoms with Gasteiger partial charge in [0.05, 0.1) is 6.21 Å². The molecule has 0 unspecified atom stereocenters. The van der Waals surface area contributed by atoms with Gasteiger partial charge in [-0.15, -0.1) is 0 Å². The van der Waals surface area contributed by atoms with Gasteiger partial charge in [-0.05, 0) is 35.4 Å². The van der Waals surface area contributed by atoms with E-state index in [4.69, 9.17) is 4.74 Å². The Balaban J connectivity index is 1.42. The summed E-state index contributed by atoms with van der Waals surface area (Å²) in [6.45, 7) is 0.289. The number of nitrogens with zero attached hydrogens (tertiary/aromatic N) is 1. The molecule has 2 aromatic carbocycles. The van der Waals surface area contributed by atoms with Crippen LogP contribution in [0.1, 0.15) is 11.1 Å². The predicted molar refractivity (Wildman–Crippen MR) is 102 cm³/mol. The second kappa shape index (κ2) is 9.05. The lowest BCUT2D eigenvalue weighted by molar-refractivity contribution is -0.139. The van der Waals surface area contributed by atoms with E-state index in [1.807, 2.05) is 66.4 Å². The molecule has 0 spiro atoms. The van der Waals surface area contributed by atoms with Crippen molar-refractivity contribution in [2.75, 3.05) is 11.5 Å². The Morgan fingerprint density at radius 1 is 1.08 bits per heavy atom. The van der Waals surface area contributed by atoms with Crippen LogP contribution in [0, 0.1) is 0 Å². The molecular formula is C19H19N3O3S. The first-order valence-electron chi connectivity index (χ1n) is 8.20. The Hall–Kier alpha value is -2.80. The number of carbonyl (C=O) groups is 2. The van der Waals surface area contributed by atoms with Crippen molar-refractivity contribution in [2.45, 2.75) is 12.6 Å². The highest BCUT2D eigenvalue weighted by atomic mass is 32.2. The van der Waals surface area contributed by atoms with E-state index >= 15 is 0 Å². The molecule has 134 valence electrons. The minimum Gasteiger partial charge on any atom is -0.489 e. The van der Waals surface area contributed by atoms with Crippen LogP contribution >= 0.6 is 11.8 Å². The molecule has 2 amide bonds. The minimum absolute atomic E-state index is 0.289. The maximum Gasteiger partial charge on any atom is 0.329 e. The molecule has 1 heterocycles. The molecule has 0 aromatic heterocycles. The van der Waals surface area contributed by atoms with Crippen LogP contribution in [0.15, 0.2) is 59.7 Å². The molecule has 6 nitrogen and oxygen atoms in total. The van der Waals surface area contributed by atoms with Crippen LogP contribution in [0.4, 0.5) is 0 Å². The lowest BCUT2D eigenvalue weighted by Gasteiger charge is -2.25. The summed E-state index contributed by atoms with van der Waals surface area (Å²) >= 11 is 1.87. The number of rotatable bonds is 6. The molecular weight excluding hydrogens is 350 g/mol. The third kappa shape index (κ3) is 5.35. The molecule has 1 fully saturated rings. The summed E-state index contributed by atoms with van der Waals surface area (Å²) in [6, 6.07) is 16.8. The second-order valence-electron chi connectivity index (χ2n) is 5.71. The Morgan fingerprint density at radius 2 is 1.81 bits per heavy atom. The van der Waals surface area contributed by atoms with E-state index in [2.05, 4.69) is 15.8 Å². The molecule has 0 bridgehead atoms. The van der Waals surface area contributed by atoms with Gasteiger partial charge >= 0.3 is 11.8 Å². The number of nitrogens with one attached hydrogen (secondary N) is 2. The van der Waals surface area contributed by atoms with Crippen molar-refractivity contribution >= 4 is 29.8 Å². The first-order chi connectivity index (χ1) is 12.7. The van der Waals surface area contributed by atoms with Gasteiger partial charge in [0.1, 0.15) is 11.9 Å². The third-order valence-electron chi connectivity index (χ3n) is 3.67. The third-order valence-corrected chi connectivity index (χ3v) is 4.89. The molecule has 1 aliphatic heterocycles.